The number of rotatable bonds is 13. The fourth-order valence-electron chi connectivity index (χ4n) is 4.43. The molecule has 0 saturated heterocycles. The molecule has 7 nitrogen and oxygen atoms in total. The third-order valence-corrected chi connectivity index (χ3v) is 8.50. The molecular weight excluding hydrogens is 649 g/mol. The van der Waals surface area contributed by atoms with Crippen molar-refractivity contribution in [1.29, 1.82) is 0 Å². The van der Waals surface area contributed by atoms with Gasteiger partial charge in [0.15, 0.2) is 0 Å². The van der Waals surface area contributed by atoms with Crippen LogP contribution in [0.5, 0.6) is 0 Å². The van der Waals surface area contributed by atoms with Gasteiger partial charge in [-0.15, -0.1) is 0 Å². The Hall–Kier alpha value is -2.59. The average molecular weight is 683 g/mol. The van der Waals surface area contributed by atoms with Crippen molar-refractivity contribution in [1.82, 2.24) is 10.2 Å². The van der Waals surface area contributed by atoms with Crippen LogP contribution in [0.1, 0.15) is 37.8 Å². The van der Waals surface area contributed by atoms with Gasteiger partial charge in [-0.25, -0.2) is 8.42 Å². The number of anilines is 1. The van der Waals surface area contributed by atoms with E-state index in [-0.39, 0.29) is 54.5 Å². The number of nitrogens with zero attached hydrogens (tertiary/aromatic N) is 2. The fourth-order valence-corrected chi connectivity index (χ4v) is 6.28. The summed E-state index contributed by atoms with van der Waals surface area (Å²) in [6.07, 6.45) is 1.62. The number of sulfonamides is 1. The van der Waals surface area contributed by atoms with Crippen molar-refractivity contribution in [2.75, 3.05) is 17.1 Å². The normalized spacial score (nSPS) is 12.2. The number of carbonyl (C=O) groups excluding carboxylic acids is 2. The molecule has 0 spiro atoms. The van der Waals surface area contributed by atoms with E-state index in [2.05, 4.69) is 21.2 Å². The van der Waals surface area contributed by atoms with Crippen LogP contribution in [0.3, 0.4) is 0 Å². The molecule has 3 aromatic rings. The van der Waals surface area contributed by atoms with Gasteiger partial charge in [-0.2, -0.15) is 0 Å². The Kier molecular flexibility index (Phi) is 12.1. The molecule has 220 valence electrons. The van der Waals surface area contributed by atoms with E-state index in [0.717, 1.165) is 26.2 Å². The highest BCUT2D eigenvalue weighted by Crippen LogP contribution is 2.31. The predicted octanol–water partition coefficient (Wildman–Crippen LogP) is 6.47. The SMILES string of the molecule is CC(C)NC(=O)C(Cc1ccccc1)N(Cc1cccc(Br)c1)C(=O)CCCN(c1cc(Cl)ccc1Cl)S(C)(=O)=O. The zero-order chi connectivity index (χ0) is 30.2. The van der Waals surface area contributed by atoms with Crippen LogP contribution in [-0.4, -0.2) is 50.0 Å². The summed E-state index contributed by atoms with van der Waals surface area (Å²) in [7, 11) is -3.72. The van der Waals surface area contributed by atoms with Gasteiger partial charge in [0.2, 0.25) is 21.8 Å². The van der Waals surface area contributed by atoms with Gasteiger partial charge in [-0.05, 0) is 61.7 Å². The molecule has 0 aliphatic heterocycles. The van der Waals surface area contributed by atoms with Crippen molar-refractivity contribution in [3.05, 3.63) is 98.4 Å². The highest BCUT2D eigenvalue weighted by atomic mass is 79.9. The first-order chi connectivity index (χ1) is 19.3. The molecule has 0 aromatic heterocycles. The Morgan fingerprint density at radius 1 is 0.951 bits per heavy atom. The van der Waals surface area contributed by atoms with Gasteiger partial charge < -0.3 is 10.2 Å². The second-order valence-electron chi connectivity index (χ2n) is 10.1. The van der Waals surface area contributed by atoms with E-state index in [4.69, 9.17) is 23.2 Å². The monoisotopic (exact) mass is 681 g/mol. The molecule has 1 unspecified atom stereocenters. The predicted molar refractivity (Wildman–Crippen MR) is 170 cm³/mol. The minimum Gasteiger partial charge on any atom is -0.352 e. The highest BCUT2D eigenvalue weighted by Gasteiger charge is 2.31. The lowest BCUT2D eigenvalue weighted by Gasteiger charge is -2.32. The molecule has 0 saturated carbocycles. The number of carbonyl (C=O) groups is 2. The maximum Gasteiger partial charge on any atom is 0.243 e. The summed E-state index contributed by atoms with van der Waals surface area (Å²) in [5.74, 6) is -0.522. The van der Waals surface area contributed by atoms with Crippen LogP contribution in [-0.2, 0) is 32.6 Å². The largest absolute Gasteiger partial charge is 0.352 e. The summed E-state index contributed by atoms with van der Waals surface area (Å²) >= 11 is 15.9. The van der Waals surface area contributed by atoms with Crippen molar-refractivity contribution >= 4 is 66.7 Å². The smallest absolute Gasteiger partial charge is 0.243 e. The summed E-state index contributed by atoms with van der Waals surface area (Å²) in [5.41, 5.74) is 2.02. The summed E-state index contributed by atoms with van der Waals surface area (Å²) in [5, 5.41) is 3.54. The van der Waals surface area contributed by atoms with E-state index < -0.39 is 16.1 Å². The Labute approximate surface area is 261 Å². The lowest BCUT2D eigenvalue weighted by atomic mass is 10.0. The molecule has 1 N–H and O–H groups in total. The third-order valence-electron chi connectivity index (χ3n) is 6.27. The van der Waals surface area contributed by atoms with Gasteiger partial charge in [0.25, 0.3) is 0 Å². The van der Waals surface area contributed by atoms with Crippen molar-refractivity contribution in [2.24, 2.45) is 0 Å². The minimum absolute atomic E-state index is 0.0108. The number of hydrogen-bond donors (Lipinski definition) is 1. The van der Waals surface area contributed by atoms with Gasteiger partial charge in [-0.1, -0.05) is 81.6 Å². The van der Waals surface area contributed by atoms with Crippen LogP contribution in [0.2, 0.25) is 10.0 Å². The number of amides is 2. The maximum absolute atomic E-state index is 13.9. The number of hydrogen-bond acceptors (Lipinski definition) is 4. The first-order valence-corrected chi connectivity index (χ1v) is 16.6. The highest BCUT2D eigenvalue weighted by molar-refractivity contribution is 9.10. The summed E-state index contributed by atoms with van der Waals surface area (Å²) < 4.78 is 27.3. The molecule has 0 aliphatic carbocycles. The van der Waals surface area contributed by atoms with E-state index in [0.29, 0.717) is 11.4 Å². The van der Waals surface area contributed by atoms with Crippen LogP contribution >= 0.6 is 39.1 Å². The van der Waals surface area contributed by atoms with E-state index in [9.17, 15) is 18.0 Å². The van der Waals surface area contributed by atoms with Crippen molar-refractivity contribution in [3.8, 4) is 0 Å². The molecule has 0 fully saturated rings. The second-order valence-corrected chi connectivity index (χ2v) is 13.7. The van der Waals surface area contributed by atoms with Crippen LogP contribution in [0, 0.1) is 0 Å². The average Bonchev–Trinajstić information content (AvgIpc) is 2.89. The van der Waals surface area contributed by atoms with Crippen LogP contribution in [0.15, 0.2) is 77.3 Å². The van der Waals surface area contributed by atoms with Gasteiger partial charge in [0.1, 0.15) is 6.04 Å². The molecule has 0 aliphatic rings. The summed E-state index contributed by atoms with van der Waals surface area (Å²) in [4.78, 5) is 28.9. The Bertz CT molecular complexity index is 1460. The number of nitrogens with one attached hydrogen (secondary N) is 1. The van der Waals surface area contributed by atoms with Gasteiger partial charge >= 0.3 is 0 Å². The van der Waals surface area contributed by atoms with Crippen molar-refractivity contribution < 1.29 is 18.0 Å². The Morgan fingerprint density at radius 3 is 2.27 bits per heavy atom. The quantitative estimate of drug-likeness (QED) is 0.224. The van der Waals surface area contributed by atoms with E-state index in [1.54, 1.807) is 11.0 Å². The molecule has 11 heteroatoms. The van der Waals surface area contributed by atoms with E-state index >= 15 is 0 Å². The van der Waals surface area contributed by atoms with Gasteiger partial charge in [0, 0.05) is 41.5 Å². The molecule has 2 amide bonds. The fraction of sp³-hybridized carbons (Fsp3) is 0.333. The maximum atomic E-state index is 13.9. The van der Waals surface area contributed by atoms with Crippen LogP contribution in [0.4, 0.5) is 5.69 Å². The van der Waals surface area contributed by atoms with Crippen LogP contribution in [0.25, 0.3) is 0 Å². The molecule has 0 heterocycles. The number of halogens is 3. The van der Waals surface area contributed by atoms with Crippen molar-refractivity contribution in [2.45, 2.75) is 51.7 Å². The van der Waals surface area contributed by atoms with E-state index in [1.807, 2.05) is 68.4 Å². The van der Waals surface area contributed by atoms with Gasteiger partial charge in [0.05, 0.1) is 17.0 Å². The lowest BCUT2D eigenvalue weighted by molar-refractivity contribution is -0.141. The van der Waals surface area contributed by atoms with E-state index in [1.165, 1.54) is 12.1 Å². The molecule has 1 atom stereocenters. The topological polar surface area (TPSA) is 86.8 Å². The Morgan fingerprint density at radius 2 is 1.63 bits per heavy atom. The second kappa shape index (κ2) is 15.0. The summed E-state index contributed by atoms with van der Waals surface area (Å²) in [6.45, 7) is 3.96. The van der Waals surface area contributed by atoms with Crippen molar-refractivity contribution in [3.63, 3.8) is 0 Å². The standard InChI is InChI=1S/C30H34BrCl2N3O4S/c1-21(2)34-30(38)28(18-22-9-5-4-6-10-22)35(20-23-11-7-12-24(31)17-23)29(37)13-8-16-36(41(3,39)40)27-19-25(32)14-15-26(27)33/h4-7,9-12,14-15,17,19,21,28H,8,13,16,18,20H2,1-3H3,(H,34,38). The zero-order valence-electron chi connectivity index (χ0n) is 23.2. The minimum atomic E-state index is -3.72. The number of benzene rings is 3. The molecule has 0 bridgehead atoms. The molecule has 3 rings (SSSR count). The first-order valence-electron chi connectivity index (χ1n) is 13.2. The molecule has 3 aromatic carbocycles. The lowest BCUT2D eigenvalue weighted by Crippen LogP contribution is -2.51. The molecule has 41 heavy (non-hydrogen) atoms. The summed E-state index contributed by atoms with van der Waals surface area (Å²) in [6, 6.07) is 20.8. The Balaban J connectivity index is 1.90. The third kappa shape index (κ3) is 10.0. The molecule has 0 radical (unpaired) electrons. The van der Waals surface area contributed by atoms with Crippen LogP contribution < -0.4 is 9.62 Å². The zero-order valence-corrected chi connectivity index (χ0v) is 27.1. The molecular formula is C30H34BrCl2N3O4S. The van der Waals surface area contributed by atoms with Gasteiger partial charge in [-0.3, -0.25) is 13.9 Å². The first kappa shape index (κ1) is 32.9.